The molecule has 0 heterocycles. The van der Waals surface area contributed by atoms with Gasteiger partial charge in [-0.15, -0.1) is 0 Å². The summed E-state index contributed by atoms with van der Waals surface area (Å²) < 4.78 is 4.44. The molecule has 0 radical (unpaired) electrons. The van der Waals surface area contributed by atoms with Gasteiger partial charge in [-0.3, -0.25) is 9.59 Å². The summed E-state index contributed by atoms with van der Waals surface area (Å²) in [5.74, 6) is -0.359. The lowest BCUT2D eigenvalue weighted by Gasteiger charge is -2.07. The lowest BCUT2D eigenvalue weighted by molar-refractivity contribution is -0.140. The van der Waals surface area contributed by atoms with Gasteiger partial charge in [0.15, 0.2) is 0 Å². The molecular weight excluding hydrogens is 196 g/mol. The Morgan fingerprint density at radius 1 is 1.20 bits per heavy atom. The molecule has 0 aliphatic heterocycles. The summed E-state index contributed by atoms with van der Waals surface area (Å²) in [6, 6.07) is 0.382. The summed E-state index contributed by atoms with van der Waals surface area (Å²) in [4.78, 5) is 21.9. The third-order valence-electron chi connectivity index (χ3n) is 1.78. The predicted octanol–water partition coefficient (Wildman–Crippen LogP) is 0.0538. The first-order valence-corrected chi connectivity index (χ1v) is 5.13. The van der Waals surface area contributed by atoms with Crippen LogP contribution in [0.5, 0.6) is 0 Å². The van der Waals surface area contributed by atoms with Crippen LogP contribution in [-0.4, -0.2) is 38.1 Å². The Balaban J connectivity index is 3.37. The first-order valence-electron chi connectivity index (χ1n) is 5.13. The number of carbonyl (C=O) groups is 2. The fourth-order valence-electron chi connectivity index (χ4n) is 0.969. The average Bonchev–Trinajstić information content (AvgIpc) is 2.17. The first-order chi connectivity index (χ1) is 7.06. The summed E-state index contributed by atoms with van der Waals surface area (Å²) in [5.41, 5.74) is 0. The van der Waals surface area contributed by atoms with Crippen molar-refractivity contribution in [2.24, 2.45) is 0 Å². The third-order valence-corrected chi connectivity index (χ3v) is 1.78. The summed E-state index contributed by atoms with van der Waals surface area (Å²) in [6.07, 6.45) is 0.652. The molecule has 0 aromatic rings. The van der Waals surface area contributed by atoms with Gasteiger partial charge in [-0.05, 0) is 0 Å². The Hall–Kier alpha value is -1.10. The van der Waals surface area contributed by atoms with Gasteiger partial charge in [0.25, 0.3) is 0 Å². The van der Waals surface area contributed by atoms with E-state index in [1.54, 1.807) is 0 Å². The van der Waals surface area contributed by atoms with E-state index in [0.29, 0.717) is 25.6 Å². The number of methoxy groups -OCH3 is 1. The SMILES string of the molecule is COC(=O)CCNC(=O)CCNC(C)C. The van der Waals surface area contributed by atoms with E-state index in [-0.39, 0.29) is 18.3 Å². The van der Waals surface area contributed by atoms with E-state index in [9.17, 15) is 9.59 Å². The Morgan fingerprint density at radius 2 is 1.87 bits per heavy atom. The van der Waals surface area contributed by atoms with E-state index in [0.717, 1.165) is 0 Å². The molecule has 5 heteroatoms. The van der Waals surface area contributed by atoms with Crippen molar-refractivity contribution in [2.75, 3.05) is 20.2 Å². The number of carbonyl (C=O) groups excluding carboxylic acids is 2. The Kier molecular flexibility index (Phi) is 7.62. The van der Waals surface area contributed by atoms with Crippen LogP contribution in [0.25, 0.3) is 0 Å². The number of hydrogen-bond donors (Lipinski definition) is 2. The van der Waals surface area contributed by atoms with Crippen molar-refractivity contribution < 1.29 is 14.3 Å². The van der Waals surface area contributed by atoms with Crippen molar-refractivity contribution in [1.29, 1.82) is 0 Å². The van der Waals surface area contributed by atoms with E-state index >= 15 is 0 Å². The molecule has 0 saturated heterocycles. The molecule has 0 aromatic carbocycles. The van der Waals surface area contributed by atoms with Crippen LogP contribution in [0.4, 0.5) is 0 Å². The monoisotopic (exact) mass is 216 g/mol. The second-order valence-electron chi connectivity index (χ2n) is 3.53. The van der Waals surface area contributed by atoms with Crippen LogP contribution in [0.15, 0.2) is 0 Å². The van der Waals surface area contributed by atoms with Crippen LogP contribution >= 0.6 is 0 Å². The highest BCUT2D eigenvalue weighted by Gasteiger charge is 2.03. The topological polar surface area (TPSA) is 67.4 Å². The van der Waals surface area contributed by atoms with Gasteiger partial charge in [0, 0.05) is 25.6 Å². The van der Waals surface area contributed by atoms with E-state index in [2.05, 4.69) is 15.4 Å². The minimum absolute atomic E-state index is 0.0490. The van der Waals surface area contributed by atoms with Crippen LogP contribution in [0, 0.1) is 0 Å². The van der Waals surface area contributed by atoms with Crippen LogP contribution in [-0.2, 0) is 14.3 Å². The molecule has 5 nitrogen and oxygen atoms in total. The summed E-state index contributed by atoms with van der Waals surface area (Å²) in [5, 5.41) is 5.78. The molecule has 0 aromatic heterocycles. The summed E-state index contributed by atoms with van der Waals surface area (Å²) >= 11 is 0. The Labute approximate surface area is 90.6 Å². The Bertz CT molecular complexity index is 205. The van der Waals surface area contributed by atoms with Gasteiger partial charge in [-0.1, -0.05) is 13.8 Å². The van der Waals surface area contributed by atoms with Crippen LogP contribution in [0.2, 0.25) is 0 Å². The number of amides is 1. The molecule has 0 aliphatic rings. The number of nitrogens with one attached hydrogen (secondary N) is 2. The quantitative estimate of drug-likeness (QED) is 0.590. The summed E-state index contributed by atoms with van der Waals surface area (Å²) in [6.45, 7) is 5.04. The smallest absolute Gasteiger partial charge is 0.307 e. The molecule has 0 rings (SSSR count). The summed E-state index contributed by atoms with van der Waals surface area (Å²) in [7, 11) is 1.33. The van der Waals surface area contributed by atoms with Gasteiger partial charge in [0.2, 0.25) is 5.91 Å². The maximum Gasteiger partial charge on any atom is 0.307 e. The lowest BCUT2D eigenvalue weighted by atomic mass is 10.3. The predicted molar refractivity (Wildman–Crippen MR) is 57.4 cm³/mol. The molecule has 2 N–H and O–H groups in total. The van der Waals surface area contributed by atoms with Crippen molar-refractivity contribution in [1.82, 2.24) is 10.6 Å². The van der Waals surface area contributed by atoms with Crippen molar-refractivity contribution >= 4 is 11.9 Å². The fraction of sp³-hybridized carbons (Fsp3) is 0.800. The molecule has 0 saturated carbocycles. The molecule has 1 amide bonds. The molecule has 15 heavy (non-hydrogen) atoms. The van der Waals surface area contributed by atoms with E-state index in [4.69, 9.17) is 0 Å². The van der Waals surface area contributed by atoms with Crippen molar-refractivity contribution in [3.8, 4) is 0 Å². The van der Waals surface area contributed by atoms with E-state index in [1.165, 1.54) is 7.11 Å². The largest absolute Gasteiger partial charge is 0.469 e. The standard InChI is InChI=1S/C10H20N2O3/c1-8(2)11-6-4-9(13)12-7-5-10(14)15-3/h8,11H,4-7H2,1-3H3,(H,12,13). The molecule has 0 atom stereocenters. The van der Waals surface area contributed by atoms with Crippen molar-refractivity contribution in [3.05, 3.63) is 0 Å². The second kappa shape index (κ2) is 8.23. The average molecular weight is 216 g/mol. The highest BCUT2D eigenvalue weighted by atomic mass is 16.5. The third kappa shape index (κ3) is 9.21. The Morgan fingerprint density at radius 3 is 2.40 bits per heavy atom. The minimum atomic E-state index is -0.310. The first kappa shape index (κ1) is 13.9. The van der Waals surface area contributed by atoms with Gasteiger partial charge < -0.3 is 15.4 Å². The molecular formula is C10H20N2O3. The van der Waals surface area contributed by atoms with Crippen molar-refractivity contribution in [3.63, 3.8) is 0 Å². The lowest BCUT2D eigenvalue weighted by Crippen LogP contribution is -2.31. The maximum atomic E-state index is 11.2. The van der Waals surface area contributed by atoms with Gasteiger partial charge >= 0.3 is 5.97 Å². The molecule has 0 aliphatic carbocycles. The van der Waals surface area contributed by atoms with Gasteiger partial charge in [-0.25, -0.2) is 0 Å². The minimum Gasteiger partial charge on any atom is -0.469 e. The second-order valence-corrected chi connectivity index (χ2v) is 3.53. The molecule has 0 fully saturated rings. The van der Waals surface area contributed by atoms with Crippen LogP contribution < -0.4 is 10.6 Å². The van der Waals surface area contributed by atoms with Crippen LogP contribution in [0.1, 0.15) is 26.7 Å². The van der Waals surface area contributed by atoms with Gasteiger partial charge in [-0.2, -0.15) is 0 Å². The van der Waals surface area contributed by atoms with Crippen LogP contribution in [0.3, 0.4) is 0 Å². The number of hydrogen-bond acceptors (Lipinski definition) is 4. The van der Waals surface area contributed by atoms with Crippen molar-refractivity contribution in [2.45, 2.75) is 32.7 Å². The zero-order chi connectivity index (χ0) is 11.7. The molecule has 0 unspecified atom stereocenters. The highest BCUT2D eigenvalue weighted by molar-refractivity contribution is 5.77. The molecule has 0 spiro atoms. The zero-order valence-electron chi connectivity index (χ0n) is 9.63. The number of rotatable bonds is 7. The van der Waals surface area contributed by atoms with Gasteiger partial charge in [0.1, 0.15) is 0 Å². The van der Waals surface area contributed by atoms with E-state index < -0.39 is 0 Å². The maximum absolute atomic E-state index is 11.2. The number of ether oxygens (including phenoxy) is 1. The van der Waals surface area contributed by atoms with Gasteiger partial charge in [0.05, 0.1) is 13.5 Å². The molecule has 0 bridgehead atoms. The normalized spacial score (nSPS) is 10.1. The van der Waals surface area contributed by atoms with E-state index in [1.807, 2.05) is 13.8 Å². The highest BCUT2D eigenvalue weighted by Crippen LogP contribution is 1.84. The number of esters is 1. The zero-order valence-corrected chi connectivity index (χ0v) is 9.63. The fourth-order valence-corrected chi connectivity index (χ4v) is 0.969. The molecule has 88 valence electrons.